The molecule has 1 fully saturated rings. The van der Waals surface area contributed by atoms with Gasteiger partial charge >= 0.3 is 10.1 Å². The summed E-state index contributed by atoms with van der Waals surface area (Å²) in [7, 11) is -2.19. The zero-order valence-electron chi connectivity index (χ0n) is 14.6. The summed E-state index contributed by atoms with van der Waals surface area (Å²) >= 11 is 0. The van der Waals surface area contributed by atoms with Crippen LogP contribution in [0.1, 0.15) is 39.2 Å². The lowest BCUT2D eigenvalue weighted by molar-refractivity contribution is -0.134. The maximum absolute atomic E-state index is 12.4. The van der Waals surface area contributed by atoms with E-state index >= 15 is 0 Å². The number of amides is 1. The fourth-order valence-electron chi connectivity index (χ4n) is 2.36. The number of hydrogen-bond donors (Lipinski definition) is 0. The molecule has 0 saturated heterocycles. The van der Waals surface area contributed by atoms with Crippen LogP contribution >= 0.6 is 0 Å². The Morgan fingerprint density at radius 2 is 1.96 bits per heavy atom. The molecule has 2 rings (SSSR count). The number of ether oxygens (including phenoxy) is 1. The Hall–Kier alpha value is -1.76. The van der Waals surface area contributed by atoms with Gasteiger partial charge in [-0.15, -0.1) is 0 Å². The summed E-state index contributed by atoms with van der Waals surface area (Å²) in [4.78, 5) is 14.2. The molecule has 6 nitrogen and oxygen atoms in total. The smallest absolute Gasteiger partial charge is 0.309 e. The highest BCUT2D eigenvalue weighted by Gasteiger charge is 2.34. The van der Waals surface area contributed by atoms with Crippen LogP contribution in [0.4, 0.5) is 0 Å². The third-order valence-electron chi connectivity index (χ3n) is 3.98. The van der Waals surface area contributed by atoms with Crippen molar-refractivity contribution >= 4 is 16.0 Å². The molecule has 24 heavy (non-hydrogen) atoms. The fourth-order valence-corrected chi connectivity index (χ4v) is 2.88. The average molecular weight is 355 g/mol. The third kappa shape index (κ3) is 4.63. The number of rotatable bonds is 8. The van der Waals surface area contributed by atoms with Gasteiger partial charge in [0.15, 0.2) is 11.5 Å². The standard InChI is InChI=1S/C17H25NO5S/c1-5-24(20,21)23-16-10-13(6-9-15(16)22-4)11-18(12(2)3)17(19)14-7-8-14/h6,9-10,12,14H,5,7-8,11H2,1-4H3. The lowest BCUT2D eigenvalue weighted by Gasteiger charge is -2.27. The molecule has 7 heteroatoms. The molecular formula is C17H25NO5S. The molecule has 1 saturated carbocycles. The fraction of sp³-hybridized carbons (Fsp3) is 0.588. The maximum atomic E-state index is 12.4. The zero-order valence-corrected chi connectivity index (χ0v) is 15.4. The first kappa shape index (κ1) is 18.6. The molecule has 0 radical (unpaired) electrons. The normalized spacial score (nSPS) is 14.5. The van der Waals surface area contributed by atoms with E-state index in [4.69, 9.17) is 8.92 Å². The minimum Gasteiger partial charge on any atom is -0.493 e. The maximum Gasteiger partial charge on any atom is 0.309 e. The summed E-state index contributed by atoms with van der Waals surface area (Å²) in [5.41, 5.74) is 0.805. The third-order valence-corrected chi connectivity index (χ3v) is 5.12. The van der Waals surface area contributed by atoms with Crippen molar-refractivity contribution in [3.8, 4) is 11.5 Å². The molecule has 134 valence electrons. The Bertz CT molecular complexity index is 695. The zero-order chi connectivity index (χ0) is 17.9. The number of carbonyl (C=O) groups excluding carboxylic acids is 1. The first-order valence-electron chi connectivity index (χ1n) is 8.17. The summed E-state index contributed by atoms with van der Waals surface area (Å²) in [5.74, 6) is 0.671. The lowest BCUT2D eigenvalue weighted by atomic mass is 10.1. The molecule has 0 aromatic heterocycles. The summed E-state index contributed by atoms with van der Waals surface area (Å²) in [6, 6.07) is 5.18. The highest BCUT2D eigenvalue weighted by molar-refractivity contribution is 7.87. The molecule has 1 amide bonds. The molecule has 1 aromatic rings. The van der Waals surface area contributed by atoms with Gasteiger partial charge in [0.2, 0.25) is 5.91 Å². The van der Waals surface area contributed by atoms with E-state index in [2.05, 4.69) is 0 Å². The van der Waals surface area contributed by atoms with Crippen molar-refractivity contribution in [2.45, 2.75) is 46.2 Å². The van der Waals surface area contributed by atoms with Crippen molar-refractivity contribution in [2.24, 2.45) is 5.92 Å². The van der Waals surface area contributed by atoms with Gasteiger partial charge in [-0.3, -0.25) is 4.79 Å². The van der Waals surface area contributed by atoms with E-state index < -0.39 is 10.1 Å². The molecular weight excluding hydrogens is 330 g/mol. The Balaban J connectivity index is 2.24. The van der Waals surface area contributed by atoms with Gasteiger partial charge in [0, 0.05) is 18.5 Å². The van der Waals surface area contributed by atoms with Crippen LogP contribution in [-0.4, -0.2) is 38.1 Å². The van der Waals surface area contributed by atoms with Gasteiger partial charge in [0.25, 0.3) is 0 Å². The van der Waals surface area contributed by atoms with Gasteiger partial charge in [-0.25, -0.2) is 0 Å². The molecule has 0 aliphatic heterocycles. The number of hydrogen-bond acceptors (Lipinski definition) is 5. The molecule has 0 spiro atoms. The van der Waals surface area contributed by atoms with Crippen LogP contribution in [-0.2, 0) is 21.5 Å². The monoisotopic (exact) mass is 355 g/mol. The highest BCUT2D eigenvalue weighted by Crippen LogP contribution is 2.33. The Morgan fingerprint density at radius 3 is 2.46 bits per heavy atom. The van der Waals surface area contributed by atoms with E-state index in [1.165, 1.54) is 14.0 Å². The second-order valence-corrected chi connectivity index (χ2v) is 8.11. The van der Waals surface area contributed by atoms with E-state index in [1.54, 1.807) is 12.1 Å². The Kier molecular flexibility index (Phi) is 5.74. The summed E-state index contributed by atoms with van der Waals surface area (Å²) in [5, 5.41) is 0. The van der Waals surface area contributed by atoms with E-state index in [9.17, 15) is 13.2 Å². The lowest BCUT2D eigenvalue weighted by Crippen LogP contribution is -2.37. The molecule has 0 N–H and O–H groups in total. The SMILES string of the molecule is CCS(=O)(=O)Oc1cc(CN(C(=O)C2CC2)C(C)C)ccc1OC. The average Bonchev–Trinajstić information content (AvgIpc) is 3.36. The van der Waals surface area contributed by atoms with Crippen molar-refractivity contribution in [3.05, 3.63) is 23.8 Å². The van der Waals surface area contributed by atoms with E-state index in [-0.39, 0.29) is 29.4 Å². The molecule has 0 unspecified atom stereocenters. The van der Waals surface area contributed by atoms with Crippen LogP contribution in [0.3, 0.4) is 0 Å². The number of carbonyl (C=O) groups is 1. The van der Waals surface area contributed by atoms with Crippen molar-refractivity contribution < 1.29 is 22.1 Å². The van der Waals surface area contributed by atoms with E-state index in [1.807, 2.05) is 24.8 Å². The number of benzene rings is 1. The topological polar surface area (TPSA) is 72.9 Å². The molecule has 0 heterocycles. The van der Waals surface area contributed by atoms with E-state index in [0.29, 0.717) is 12.3 Å². The molecule has 1 aromatic carbocycles. The molecule has 0 atom stereocenters. The minimum atomic E-state index is -3.65. The quantitative estimate of drug-likeness (QED) is 0.670. The Labute approximate surface area is 143 Å². The molecule has 1 aliphatic carbocycles. The van der Waals surface area contributed by atoms with Crippen LogP contribution in [0.25, 0.3) is 0 Å². The van der Waals surface area contributed by atoms with Gasteiger partial charge in [-0.2, -0.15) is 8.42 Å². The molecule has 1 aliphatic rings. The van der Waals surface area contributed by atoms with Crippen LogP contribution < -0.4 is 8.92 Å². The van der Waals surface area contributed by atoms with Crippen molar-refractivity contribution in [2.75, 3.05) is 12.9 Å². The van der Waals surface area contributed by atoms with Gasteiger partial charge in [0.05, 0.1) is 12.9 Å². The predicted octanol–water partition coefficient (Wildman–Crippen LogP) is 2.57. The van der Waals surface area contributed by atoms with E-state index in [0.717, 1.165) is 18.4 Å². The minimum absolute atomic E-state index is 0.0731. The highest BCUT2D eigenvalue weighted by atomic mass is 32.2. The van der Waals surface area contributed by atoms with Gasteiger partial charge in [-0.05, 0) is 51.3 Å². The Morgan fingerprint density at radius 1 is 1.29 bits per heavy atom. The molecule has 0 bridgehead atoms. The van der Waals surface area contributed by atoms with Crippen molar-refractivity contribution in [1.82, 2.24) is 4.90 Å². The van der Waals surface area contributed by atoms with Crippen LogP contribution in [0.5, 0.6) is 11.5 Å². The van der Waals surface area contributed by atoms with Gasteiger partial charge in [-0.1, -0.05) is 6.07 Å². The van der Waals surface area contributed by atoms with Crippen LogP contribution in [0.2, 0.25) is 0 Å². The second kappa shape index (κ2) is 7.42. The number of nitrogens with zero attached hydrogens (tertiary/aromatic N) is 1. The van der Waals surface area contributed by atoms with Crippen molar-refractivity contribution in [1.29, 1.82) is 0 Å². The number of methoxy groups -OCH3 is 1. The van der Waals surface area contributed by atoms with Gasteiger partial charge in [0.1, 0.15) is 0 Å². The summed E-state index contributed by atoms with van der Waals surface area (Å²) < 4.78 is 33.8. The largest absolute Gasteiger partial charge is 0.493 e. The van der Waals surface area contributed by atoms with Crippen molar-refractivity contribution in [3.63, 3.8) is 0 Å². The van der Waals surface area contributed by atoms with Crippen LogP contribution in [0.15, 0.2) is 18.2 Å². The first-order valence-corrected chi connectivity index (χ1v) is 9.74. The predicted molar refractivity (Wildman–Crippen MR) is 91.5 cm³/mol. The van der Waals surface area contributed by atoms with Gasteiger partial charge < -0.3 is 13.8 Å². The summed E-state index contributed by atoms with van der Waals surface area (Å²) in [6.45, 7) is 5.88. The van der Waals surface area contributed by atoms with Crippen LogP contribution in [0, 0.1) is 5.92 Å². The first-order chi connectivity index (χ1) is 11.3. The summed E-state index contributed by atoms with van der Waals surface area (Å²) in [6.07, 6.45) is 1.90. The second-order valence-electron chi connectivity index (χ2n) is 6.25.